The van der Waals surface area contributed by atoms with E-state index in [4.69, 9.17) is 5.73 Å². The summed E-state index contributed by atoms with van der Waals surface area (Å²) in [5, 5.41) is 0. The molecule has 2 aliphatic heterocycles. The summed E-state index contributed by atoms with van der Waals surface area (Å²) >= 11 is 0. The van der Waals surface area contributed by atoms with Crippen LogP contribution in [0.3, 0.4) is 0 Å². The zero-order chi connectivity index (χ0) is 42.0. The van der Waals surface area contributed by atoms with E-state index in [0.29, 0.717) is 28.3 Å². The van der Waals surface area contributed by atoms with Crippen molar-refractivity contribution in [1.82, 2.24) is 19.8 Å². The molecule has 0 radical (unpaired) electrons. The number of esters is 1. The lowest BCUT2D eigenvalue weighted by Crippen LogP contribution is -2.49. The van der Waals surface area contributed by atoms with Gasteiger partial charge in [-0.1, -0.05) is 0 Å². The van der Waals surface area contributed by atoms with Crippen LogP contribution in [0.25, 0.3) is 0 Å². The van der Waals surface area contributed by atoms with Crippen LogP contribution in [-0.4, -0.2) is 123 Å². The van der Waals surface area contributed by atoms with Gasteiger partial charge >= 0.3 is 18.0 Å². The number of amides is 4. The molecule has 0 bridgehead atoms. The fourth-order valence-electron chi connectivity index (χ4n) is 5.81. The number of Topliss-reactive ketones (excluding diaryl/α,β-unsaturated/α-hetero) is 1. The van der Waals surface area contributed by atoms with E-state index in [9.17, 15) is 44.8 Å². The van der Waals surface area contributed by atoms with Crippen molar-refractivity contribution in [2.45, 2.75) is 13.1 Å². The van der Waals surface area contributed by atoms with Gasteiger partial charge in [-0.25, -0.2) is 40.0 Å². The van der Waals surface area contributed by atoms with Gasteiger partial charge < -0.3 is 20.3 Å². The lowest BCUT2D eigenvalue weighted by atomic mass is 10.1. The van der Waals surface area contributed by atoms with Crippen LogP contribution in [0, 0.1) is 11.6 Å². The fraction of sp³-hybridized carbons (Fsp3) is 0.316. The van der Waals surface area contributed by atoms with Crippen LogP contribution in [-0.2, 0) is 37.5 Å². The second-order valence-corrected chi connectivity index (χ2v) is 17.8. The summed E-state index contributed by atoms with van der Waals surface area (Å²) in [6.07, 6.45) is 2.74. The summed E-state index contributed by atoms with van der Waals surface area (Å²) in [5.74, 6) is -2.02. The van der Waals surface area contributed by atoms with Crippen molar-refractivity contribution in [2.75, 3.05) is 72.6 Å². The molecule has 58 heavy (non-hydrogen) atoms. The number of hydrogen-bond donors (Lipinski definition) is 1. The molecule has 4 amide bonds. The Morgan fingerprint density at radius 2 is 1.02 bits per heavy atom. The lowest BCUT2D eigenvalue weighted by Gasteiger charge is -2.32. The second-order valence-electron chi connectivity index (χ2n) is 13.2. The fourth-order valence-corrected chi connectivity index (χ4v) is 8.21. The van der Waals surface area contributed by atoms with E-state index in [2.05, 4.69) is 14.7 Å². The molecule has 0 atom stereocenters. The van der Waals surface area contributed by atoms with Gasteiger partial charge in [0.05, 0.1) is 66.7 Å². The maximum absolute atomic E-state index is 13.3. The van der Waals surface area contributed by atoms with E-state index >= 15 is 0 Å². The van der Waals surface area contributed by atoms with Gasteiger partial charge in [0.25, 0.3) is 0 Å². The van der Waals surface area contributed by atoms with Crippen molar-refractivity contribution in [2.24, 2.45) is 5.73 Å². The van der Waals surface area contributed by atoms with Crippen LogP contribution in [0.4, 0.5) is 29.7 Å². The Kier molecular flexibility index (Phi) is 14.2. The first kappa shape index (κ1) is 43.3. The Hall–Kier alpha value is -5.86. The number of halogens is 2. The predicted molar refractivity (Wildman–Crippen MR) is 210 cm³/mol. The minimum atomic E-state index is -3.14. The van der Waals surface area contributed by atoms with E-state index in [0.717, 1.165) is 0 Å². The zero-order valence-corrected chi connectivity index (χ0v) is 33.0. The quantitative estimate of drug-likeness (QED) is 0.190. The minimum absolute atomic E-state index is 0.0647. The molecule has 20 heteroatoms. The molecule has 2 aromatic heterocycles. The second kappa shape index (κ2) is 19.1. The van der Waals surface area contributed by atoms with Crippen LogP contribution >= 0.6 is 0 Å². The third-order valence-corrected chi connectivity index (χ3v) is 12.4. The van der Waals surface area contributed by atoms with Crippen LogP contribution in [0.15, 0.2) is 85.2 Å². The number of carbonyl (C=O) groups is 4. The number of benzene rings is 2. The molecule has 2 N–H and O–H groups in total. The SMILES string of the molecule is COC(=O)c1ccc(CN(C(=O)N2CCS(=O)(=O)CC2)c2ccc(F)cc2)nc1.NCC(=O)c1ccc(CN(C(=O)N2CCS(=O)(=O)CC2)c2ccc(F)cc2)nc1. The Morgan fingerprint density at radius 3 is 1.34 bits per heavy atom. The smallest absolute Gasteiger partial charge is 0.339 e. The van der Waals surface area contributed by atoms with E-state index in [1.54, 1.807) is 18.2 Å². The first-order chi connectivity index (χ1) is 27.6. The summed E-state index contributed by atoms with van der Waals surface area (Å²) in [6, 6.07) is 16.4. The van der Waals surface area contributed by atoms with E-state index in [-0.39, 0.29) is 80.2 Å². The molecule has 0 saturated carbocycles. The maximum atomic E-state index is 13.3. The molecule has 308 valence electrons. The summed E-state index contributed by atoms with van der Waals surface area (Å²) in [5.41, 5.74) is 7.91. The Bertz CT molecular complexity index is 2120. The van der Waals surface area contributed by atoms with Crippen molar-refractivity contribution in [3.05, 3.63) is 119 Å². The minimum Gasteiger partial charge on any atom is -0.465 e. The maximum Gasteiger partial charge on any atom is 0.339 e. The van der Waals surface area contributed by atoms with Gasteiger partial charge in [-0.2, -0.15) is 0 Å². The number of aromatic nitrogens is 2. The highest BCUT2D eigenvalue weighted by Gasteiger charge is 2.31. The number of urea groups is 2. The highest BCUT2D eigenvalue weighted by atomic mass is 32.2. The molecular formula is C38H41F2N7O9S2. The molecule has 0 aliphatic carbocycles. The van der Waals surface area contributed by atoms with Crippen molar-refractivity contribution in [1.29, 1.82) is 0 Å². The molecule has 2 saturated heterocycles. The molecule has 4 aromatic rings. The molecule has 2 aliphatic rings. The van der Waals surface area contributed by atoms with Gasteiger partial charge in [0.2, 0.25) is 0 Å². The third-order valence-electron chi connectivity index (χ3n) is 9.19. The van der Waals surface area contributed by atoms with Crippen LogP contribution in [0.1, 0.15) is 32.1 Å². The summed E-state index contributed by atoms with van der Waals surface area (Å²) in [6.45, 7) is 0.382. The lowest BCUT2D eigenvalue weighted by molar-refractivity contribution is 0.0600. The number of methoxy groups -OCH3 is 1. The monoisotopic (exact) mass is 841 g/mol. The highest BCUT2D eigenvalue weighted by molar-refractivity contribution is 7.91. The van der Waals surface area contributed by atoms with E-state index < -0.39 is 49.3 Å². The van der Waals surface area contributed by atoms with Crippen LogP contribution < -0.4 is 15.5 Å². The summed E-state index contributed by atoms with van der Waals surface area (Å²) < 4.78 is 77.9. The van der Waals surface area contributed by atoms with Crippen molar-refractivity contribution < 1.29 is 49.5 Å². The van der Waals surface area contributed by atoms with Gasteiger partial charge in [-0.15, -0.1) is 0 Å². The number of nitrogens with zero attached hydrogens (tertiary/aromatic N) is 6. The first-order valence-electron chi connectivity index (χ1n) is 17.8. The largest absolute Gasteiger partial charge is 0.465 e. The topological polar surface area (TPSA) is 211 Å². The van der Waals surface area contributed by atoms with Crippen LogP contribution in [0.5, 0.6) is 0 Å². The highest BCUT2D eigenvalue weighted by Crippen LogP contribution is 2.22. The summed E-state index contributed by atoms with van der Waals surface area (Å²) in [7, 11) is -5.01. The van der Waals surface area contributed by atoms with E-state index in [1.165, 1.54) is 93.7 Å². The number of carbonyl (C=O) groups excluding carboxylic acids is 4. The van der Waals surface area contributed by atoms with Crippen LogP contribution in [0.2, 0.25) is 0 Å². The number of sulfone groups is 2. The third kappa shape index (κ3) is 11.6. The Labute approximate surface area is 334 Å². The van der Waals surface area contributed by atoms with E-state index in [1.807, 2.05) is 0 Å². The molecule has 2 fully saturated rings. The zero-order valence-electron chi connectivity index (χ0n) is 31.4. The van der Waals surface area contributed by atoms with Gasteiger partial charge in [0, 0.05) is 55.5 Å². The van der Waals surface area contributed by atoms with Gasteiger partial charge in [-0.3, -0.25) is 24.6 Å². The number of ether oxygens (including phenoxy) is 1. The number of hydrogen-bond acceptors (Lipinski definition) is 12. The Balaban J connectivity index is 0.000000221. The number of pyridine rings is 2. The molecule has 16 nitrogen and oxygen atoms in total. The van der Waals surface area contributed by atoms with Crippen molar-refractivity contribution in [3.63, 3.8) is 0 Å². The predicted octanol–water partition coefficient (Wildman–Crippen LogP) is 3.08. The first-order valence-corrected chi connectivity index (χ1v) is 21.5. The number of rotatable bonds is 9. The molecule has 6 rings (SSSR count). The normalized spacial score (nSPS) is 15.7. The number of nitrogens with two attached hydrogens (primary N) is 1. The Morgan fingerprint density at radius 1 is 0.638 bits per heavy atom. The average molecular weight is 842 g/mol. The molecule has 2 aromatic carbocycles. The standard InChI is InChI=1S/C19H21FN4O4S.C19H20FN3O5S/c20-15-2-5-17(6-3-15)24(19(26)23-7-9-29(27,28)10-8-23)13-16-4-1-14(12-22-16)18(25)11-21;1-28-18(24)14-2-5-16(21-12-14)13-23(17-6-3-15(20)4-7-17)19(25)22-8-10-29(26,27)11-9-22/h1-6,12H,7-11,13,21H2;2-7,12H,8-11,13H2,1H3. The molecular weight excluding hydrogens is 801 g/mol. The number of anilines is 2. The molecule has 4 heterocycles. The summed E-state index contributed by atoms with van der Waals surface area (Å²) in [4.78, 5) is 63.5. The van der Waals surface area contributed by atoms with Crippen molar-refractivity contribution >= 4 is 54.9 Å². The molecule has 0 unspecified atom stereocenters. The van der Waals surface area contributed by atoms with Crippen molar-refractivity contribution in [3.8, 4) is 0 Å². The van der Waals surface area contributed by atoms with Gasteiger partial charge in [-0.05, 0) is 72.8 Å². The number of ketones is 1. The average Bonchev–Trinajstić information content (AvgIpc) is 3.22. The van der Waals surface area contributed by atoms with Gasteiger partial charge in [0.15, 0.2) is 25.5 Å². The van der Waals surface area contributed by atoms with Gasteiger partial charge in [0.1, 0.15) is 11.6 Å². The molecule has 0 spiro atoms.